The van der Waals surface area contributed by atoms with Crippen molar-refractivity contribution >= 4 is 0 Å². The molecule has 0 bridgehead atoms. The number of unbranched alkanes of at least 4 members (excludes halogenated alkanes) is 2. The van der Waals surface area contributed by atoms with Gasteiger partial charge < -0.3 is 15.3 Å². The van der Waals surface area contributed by atoms with E-state index in [9.17, 15) is 0 Å². The van der Waals surface area contributed by atoms with E-state index in [1.165, 1.54) is 12.8 Å². The van der Waals surface area contributed by atoms with Crippen LogP contribution < -0.4 is 5.32 Å². The maximum Gasteiger partial charge on any atom is 0.0431 e. The van der Waals surface area contributed by atoms with Crippen molar-refractivity contribution in [2.45, 2.75) is 32.6 Å². The average Bonchev–Trinajstić information content (AvgIpc) is 2.19. The fraction of sp³-hybridized carbons (Fsp3) is 1.00. The number of aliphatic hydroxyl groups excluding tert-OH is 1. The highest BCUT2D eigenvalue weighted by Crippen LogP contribution is 1.95. The standard InChI is InChI=1S/C11H26N2O/c1-3-7-12-8-10-13(2)9-5-4-6-11-14/h12,14H,3-11H2,1-2H3. The van der Waals surface area contributed by atoms with Crippen LogP contribution in [0.1, 0.15) is 32.6 Å². The molecular weight excluding hydrogens is 176 g/mol. The van der Waals surface area contributed by atoms with Crippen LogP contribution in [0, 0.1) is 0 Å². The second kappa shape index (κ2) is 11.0. The molecule has 0 atom stereocenters. The van der Waals surface area contributed by atoms with Gasteiger partial charge in [-0.2, -0.15) is 0 Å². The first-order chi connectivity index (χ1) is 6.81. The lowest BCUT2D eigenvalue weighted by atomic mass is 10.2. The van der Waals surface area contributed by atoms with Gasteiger partial charge in [0.05, 0.1) is 0 Å². The molecule has 0 unspecified atom stereocenters. The van der Waals surface area contributed by atoms with Crippen LogP contribution in [-0.4, -0.2) is 49.8 Å². The zero-order valence-corrected chi connectivity index (χ0v) is 9.76. The molecule has 0 amide bonds. The number of nitrogens with one attached hydrogen (secondary N) is 1. The quantitative estimate of drug-likeness (QED) is 0.520. The van der Waals surface area contributed by atoms with Crippen LogP contribution in [0.15, 0.2) is 0 Å². The van der Waals surface area contributed by atoms with E-state index in [-0.39, 0.29) is 0 Å². The van der Waals surface area contributed by atoms with Crippen LogP contribution in [0.5, 0.6) is 0 Å². The molecule has 3 nitrogen and oxygen atoms in total. The summed E-state index contributed by atoms with van der Waals surface area (Å²) in [4.78, 5) is 2.35. The molecule has 0 aromatic carbocycles. The van der Waals surface area contributed by atoms with Crippen molar-refractivity contribution in [1.82, 2.24) is 10.2 Å². The highest BCUT2D eigenvalue weighted by atomic mass is 16.2. The molecule has 0 heterocycles. The monoisotopic (exact) mass is 202 g/mol. The first kappa shape index (κ1) is 13.9. The molecule has 0 aromatic heterocycles. The molecule has 0 fully saturated rings. The summed E-state index contributed by atoms with van der Waals surface area (Å²) in [5.41, 5.74) is 0. The van der Waals surface area contributed by atoms with Crippen LogP contribution in [0.25, 0.3) is 0 Å². The Labute approximate surface area is 88.5 Å². The second-order valence-electron chi connectivity index (χ2n) is 3.84. The number of hydrogen-bond donors (Lipinski definition) is 2. The van der Waals surface area contributed by atoms with Crippen LogP contribution in [0.4, 0.5) is 0 Å². The number of likely N-dealkylation sites (N-methyl/N-ethyl adjacent to an activating group) is 1. The predicted molar refractivity (Wildman–Crippen MR) is 61.6 cm³/mol. The Balaban J connectivity index is 3.07. The Morgan fingerprint density at radius 2 is 1.86 bits per heavy atom. The average molecular weight is 202 g/mol. The normalized spacial score (nSPS) is 11.1. The molecule has 3 heteroatoms. The summed E-state index contributed by atoms with van der Waals surface area (Å²) < 4.78 is 0. The van der Waals surface area contributed by atoms with Crippen molar-refractivity contribution in [3.05, 3.63) is 0 Å². The number of aliphatic hydroxyl groups is 1. The van der Waals surface area contributed by atoms with Crippen LogP contribution in [0.2, 0.25) is 0 Å². The van der Waals surface area contributed by atoms with Crippen molar-refractivity contribution in [1.29, 1.82) is 0 Å². The van der Waals surface area contributed by atoms with Gasteiger partial charge in [0.2, 0.25) is 0 Å². The minimum Gasteiger partial charge on any atom is -0.396 e. The van der Waals surface area contributed by atoms with Gasteiger partial charge in [-0.05, 0) is 45.8 Å². The highest BCUT2D eigenvalue weighted by molar-refractivity contribution is 4.55. The summed E-state index contributed by atoms with van der Waals surface area (Å²) in [5, 5.41) is 12.0. The van der Waals surface area contributed by atoms with Crippen molar-refractivity contribution in [2.75, 3.05) is 39.8 Å². The van der Waals surface area contributed by atoms with E-state index < -0.39 is 0 Å². The minimum absolute atomic E-state index is 0.335. The fourth-order valence-corrected chi connectivity index (χ4v) is 1.35. The van der Waals surface area contributed by atoms with Crippen molar-refractivity contribution in [2.24, 2.45) is 0 Å². The summed E-state index contributed by atoms with van der Waals surface area (Å²) in [5.74, 6) is 0. The van der Waals surface area contributed by atoms with Crippen molar-refractivity contribution < 1.29 is 5.11 Å². The largest absolute Gasteiger partial charge is 0.396 e. The van der Waals surface area contributed by atoms with Gasteiger partial charge >= 0.3 is 0 Å². The SMILES string of the molecule is CCCNCCN(C)CCCCCO. The molecule has 86 valence electrons. The Kier molecular flexibility index (Phi) is 10.9. The van der Waals surface area contributed by atoms with E-state index in [1.807, 2.05) is 0 Å². The summed E-state index contributed by atoms with van der Waals surface area (Å²) in [6.07, 6.45) is 4.50. The molecule has 0 rings (SSSR count). The second-order valence-corrected chi connectivity index (χ2v) is 3.84. The molecule has 0 aromatic rings. The van der Waals surface area contributed by atoms with Gasteiger partial charge in [-0.1, -0.05) is 6.92 Å². The Morgan fingerprint density at radius 3 is 2.50 bits per heavy atom. The zero-order valence-electron chi connectivity index (χ0n) is 9.76. The van der Waals surface area contributed by atoms with Gasteiger partial charge in [0.15, 0.2) is 0 Å². The first-order valence-electron chi connectivity index (χ1n) is 5.81. The molecular formula is C11H26N2O. The third-order valence-electron chi connectivity index (χ3n) is 2.30. The van der Waals surface area contributed by atoms with Gasteiger partial charge in [0.25, 0.3) is 0 Å². The minimum atomic E-state index is 0.335. The fourth-order valence-electron chi connectivity index (χ4n) is 1.35. The Bertz CT molecular complexity index is 97.5. The molecule has 0 saturated carbocycles. The third-order valence-corrected chi connectivity index (χ3v) is 2.30. The molecule has 0 aliphatic rings. The van der Waals surface area contributed by atoms with E-state index >= 15 is 0 Å². The zero-order chi connectivity index (χ0) is 10.6. The lowest BCUT2D eigenvalue weighted by Crippen LogP contribution is -2.30. The van der Waals surface area contributed by atoms with E-state index in [2.05, 4.69) is 24.2 Å². The first-order valence-corrected chi connectivity index (χ1v) is 5.81. The van der Waals surface area contributed by atoms with E-state index in [1.54, 1.807) is 0 Å². The molecule has 0 aliphatic carbocycles. The highest BCUT2D eigenvalue weighted by Gasteiger charge is 1.96. The third kappa shape index (κ3) is 9.96. The van der Waals surface area contributed by atoms with Crippen molar-refractivity contribution in [3.63, 3.8) is 0 Å². The number of nitrogens with zero attached hydrogens (tertiary/aromatic N) is 1. The summed E-state index contributed by atoms with van der Waals surface area (Å²) in [7, 11) is 2.16. The van der Waals surface area contributed by atoms with Crippen LogP contribution in [-0.2, 0) is 0 Å². The van der Waals surface area contributed by atoms with E-state index in [0.717, 1.165) is 39.0 Å². The molecule has 14 heavy (non-hydrogen) atoms. The van der Waals surface area contributed by atoms with Gasteiger partial charge in [-0.15, -0.1) is 0 Å². The van der Waals surface area contributed by atoms with Gasteiger partial charge in [-0.25, -0.2) is 0 Å². The molecule has 0 saturated heterocycles. The Morgan fingerprint density at radius 1 is 1.07 bits per heavy atom. The smallest absolute Gasteiger partial charge is 0.0431 e. The molecule has 2 N–H and O–H groups in total. The van der Waals surface area contributed by atoms with Gasteiger partial charge in [0, 0.05) is 19.7 Å². The van der Waals surface area contributed by atoms with E-state index in [0.29, 0.717) is 6.61 Å². The van der Waals surface area contributed by atoms with Crippen LogP contribution >= 0.6 is 0 Å². The maximum atomic E-state index is 8.61. The van der Waals surface area contributed by atoms with Crippen LogP contribution in [0.3, 0.4) is 0 Å². The topological polar surface area (TPSA) is 35.5 Å². The van der Waals surface area contributed by atoms with Gasteiger partial charge in [-0.3, -0.25) is 0 Å². The molecule has 0 spiro atoms. The number of hydrogen-bond acceptors (Lipinski definition) is 3. The summed E-state index contributed by atoms with van der Waals surface area (Å²) >= 11 is 0. The summed E-state index contributed by atoms with van der Waals surface area (Å²) in [6.45, 7) is 7.00. The van der Waals surface area contributed by atoms with Crippen molar-refractivity contribution in [3.8, 4) is 0 Å². The summed E-state index contributed by atoms with van der Waals surface area (Å²) in [6, 6.07) is 0. The lowest BCUT2D eigenvalue weighted by Gasteiger charge is -2.16. The predicted octanol–water partition coefficient (Wildman–Crippen LogP) is 1.08. The maximum absolute atomic E-state index is 8.61. The van der Waals surface area contributed by atoms with E-state index in [4.69, 9.17) is 5.11 Å². The van der Waals surface area contributed by atoms with Gasteiger partial charge in [0.1, 0.15) is 0 Å². The number of rotatable bonds is 10. The molecule has 0 radical (unpaired) electrons. The Hall–Kier alpha value is -0.120. The lowest BCUT2D eigenvalue weighted by molar-refractivity contribution is 0.272. The molecule has 0 aliphatic heterocycles.